The molecule has 6 nitrogen and oxygen atoms in total. The van der Waals surface area contributed by atoms with Crippen LogP contribution in [0.4, 0.5) is 15.0 Å². The summed E-state index contributed by atoms with van der Waals surface area (Å²) in [5.41, 5.74) is 1.86. The average molecular weight is 346 g/mol. The Morgan fingerprint density at radius 1 is 1.44 bits per heavy atom. The molecule has 1 aliphatic carbocycles. The first kappa shape index (κ1) is 18.7. The summed E-state index contributed by atoms with van der Waals surface area (Å²) < 4.78 is 19.5. The van der Waals surface area contributed by atoms with Gasteiger partial charge in [0.15, 0.2) is 11.6 Å². The van der Waals surface area contributed by atoms with Crippen molar-refractivity contribution >= 4 is 11.9 Å². The number of anilines is 1. The minimum absolute atomic E-state index is 0.0451. The Balaban J connectivity index is 2.16. The van der Waals surface area contributed by atoms with Crippen LogP contribution in [0.15, 0.2) is 17.3 Å². The van der Waals surface area contributed by atoms with Gasteiger partial charge in [-0.3, -0.25) is 0 Å². The van der Waals surface area contributed by atoms with Crippen molar-refractivity contribution in [3.05, 3.63) is 34.4 Å². The molecule has 1 aromatic rings. The summed E-state index contributed by atoms with van der Waals surface area (Å²) >= 11 is 0. The number of amides is 1. The fraction of sp³-hybridized carbons (Fsp3) is 0.500. The van der Waals surface area contributed by atoms with Gasteiger partial charge in [-0.15, -0.1) is 0 Å². The minimum Gasteiger partial charge on any atom is -0.444 e. The number of aryl methyl sites for hydroxylation is 1. The normalized spacial score (nSPS) is 14.4. The first-order chi connectivity index (χ1) is 11.6. The molecule has 1 saturated carbocycles. The van der Waals surface area contributed by atoms with Gasteiger partial charge in [-0.25, -0.2) is 14.2 Å². The molecule has 0 aliphatic heterocycles. The number of allylic oxidation sites excluding steroid dienone is 1. The Hall–Kier alpha value is -2.62. The predicted molar refractivity (Wildman–Crippen MR) is 92.4 cm³/mol. The summed E-state index contributed by atoms with van der Waals surface area (Å²) in [6, 6.07) is 2.68. The molecule has 134 valence electrons. The third kappa shape index (κ3) is 5.18. The Bertz CT molecular complexity index is 754. The van der Waals surface area contributed by atoms with Crippen LogP contribution < -0.4 is 10.6 Å². The molecule has 0 saturated heterocycles. The molecular formula is C18H23FN4O2. The predicted octanol–water partition coefficient (Wildman–Crippen LogP) is 3.77. The maximum Gasteiger partial charge on any atom is 0.408 e. The molecule has 1 amide bonds. The highest BCUT2D eigenvalue weighted by molar-refractivity contribution is 5.69. The van der Waals surface area contributed by atoms with E-state index in [1.807, 2.05) is 6.07 Å². The maximum absolute atomic E-state index is 14.2. The van der Waals surface area contributed by atoms with Gasteiger partial charge in [-0.2, -0.15) is 5.26 Å². The minimum atomic E-state index is -0.606. The maximum atomic E-state index is 14.2. The van der Waals surface area contributed by atoms with Crippen molar-refractivity contribution in [2.24, 2.45) is 0 Å². The van der Waals surface area contributed by atoms with Crippen molar-refractivity contribution in [3.63, 3.8) is 0 Å². The van der Waals surface area contributed by atoms with E-state index in [-0.39, 0.29) is 17.4 Å². The largest absolute Gasteiger partial charge is 0.444 e. The molecule has 1 aromatic heterocycles. The smallest absolute Gasteiger partial charge is 0.408 e. The highest BCUT2D eigenvalue weighted by Crippen LogP contribution is 2.34. The summed E-state index contributed by atoms with van der Waals surface area (Å²) in [6.07, 6.45) is 1.24. The lowest BCUT2D eigenvalue weighted by molar-refractivity contribution is 0.0516. The first-order valence-corrected chi connectivity index (χ1v) is 8.16. The van der Waals surface area contributed by atoms with Gasteiger partial charge in [0.2, 0.25) is 0 Å². The molecule has 0 bridgehead atoms. The van der Waals surface area contributed by atoms with Crippen LogP contribution in [0.3, 0.4) is 0 Å². The number of hydrogen-bond donors (Lipinski definition) is 2. The third-order valence-electron chi connectivity index (χ3n) is 3.59. The second-order valence-electron chi connectivity index (χ2n) is 7.07. The number of rotatable bonds is 4. The topological polar surface area (TPSA) is 87.0 Å². The average Bonchev–Trinajstić information content (AvgIpc) is 3.29. The van der Waals surface area contributed by atoms with Crippen LogP contribution in [0.5, 0.6) is 0 Å². The van der Waals surface area contributed by atoms with E-state index in [2.05, 4.69) is 15.6 Å². The molecule has 1 heterocycles. The Morgan fingerprint density at radius 3 is 2.60 bits per heavy atom. The van der Waals surface area contributed by atoms with Gasteiger partial charge in [-0.05, 0) is 59.1 Å². The van der Waals surface area contributed by atoms with Crippen LogP contribution in [-0.2, 0) is 4.74 Å². The molecule has 1 aliphatic rings. The van der Waals surface area contributed by atoms with Crippen molar-refractivity contribution in [2.75, 3.05) is 5.32 Å². The van der Waals surface area contributed by atoms with Gasteiger partial charge in [0.1, 0.15) is 11.7 Å². The lowest BCUT2D eigenvalue weighted by Crippen LogP contribution is -2.40. The number of ether oxygens (including phenoxy) is 1. The summed E-state index contributed by atoms with van der Waals surface area (Å²) in [6.45, 7) is 8.80. The van der Waals surface area contributed by atoms with E-state index in [1.54, 1.807) is 34.6 Å². The van der Waals surface area contributed by atoms with Crippen LogP contribution in [0, 0.1) is 24.1 Å². The fourth-order valence-electron chi connectivity index (χ4n) is 2.30. The monoisotopic (exact) mass is 346 g/mol. The zero-order chi connectivity index (χ0) is 18.8. The molecule has 7 heteroatoms. The highest BCUT2D eigenvalue weighted by Gasteiger charge is 2.26. The van der Waals surface area contributed by atoms with Crippen molar-refractivity contribution in [1.82, 2.24) is 10.3 Å². The van der Waals surface area contributed by atoms with Gasteiger partial charge in [-0.1, -0.05) is 0 Å². The standard InChI is InChI=1S/C18H23FN4O2/c1-10-13(9-20)8-14(19)16(21-10)23-15(12-6-7-12)11(2)22-17(24)25-18(3,4)5/h8,11H,6-7H2,1-5H3,(H,21,23)(H,22,24)/t11-/m0/s1. The lowest BCUT2D eigenvalue weighted by Gasteiger charge is -2.24. The zero-order valence-corrected chi connectivity index (χ0v) is 15.2. The van der Waals surface area contributed by atoms with E-state index in [4.69, 9.17) is 10.00 Å². The highest BCUT2D eigenvalue weighted by atomic mass is 19.1. The molecule has 0 radical (unpaired) electrons. The van der Waals surface area contributed by atoms with Crippen molar-refractivity contribution in [2.45, 2.75) is 59.1 Å². The van der Waals surface area contributed by atoms with Gasteiger partial charge in [0.25, 0.3) is 0 Å². The summed E-state index contributed by atoms with van der Waals surface area (Å²) in [5.74, 6) is -0.561. The van der Waals surface area contributed by atoms with E-state index in [0.717, 1.165) is 24.5 Å². The Labute approximate surface area is 147 Å². The second kappa shape index (κ2) is 7.09. The van der Waals surface area contributed by atoms with Crippen LogP contribution in [0.2, 0.25) is 0 Å². The molecule has 1 atom stereocenters. The second-order valence-corrected chi connectivity index (χ2v) is 7.07. The van der Waals surface area contributed by atoms with Gasteiger partial charge < -0.3 is 15.4 Å². The van der Waals surface area contributed by atoms with E-state index in [0.29, 0.717) is 11.4 Å². The molecule has 2 rings (SSSR count). The summed E-state index contributed by atoms with van der Waals surface area (Å²) in [4.78, 5) is 16.1. The van der Waals surface area contributed by atoms with Gasteiger partial charge in [0, 0.05) is 5.70 Å². The van der Waals surface area contributed by atoms with Crippen molar-refractivity contribution in [1.29, 1.82) is 5.26 Å². The zero-order valence-electron chi connectivity index (χ0n) is 15.2. The molecule has 0 spiro atoms. The van der Waals surface area contributed by atoms with Crippen molar-refractivity contribution in [3.8, 4) is 6.07 Å². The van der Waals surface area contributed by atoms with Gasteiger partial charge >= 0.3 is 6.09 Å². The number of alkyl carbamates (subject to hydrolysis) is 1. The Kier molecular flexibility index (Phi) is 5.31. The number of nitrogens with zero attached hydrogens (tertiary/aromatic N) is 2. The van der Waals surface area contributed by atoms with Crippen LogP contribution in [-0.4, -0.2) is 22.7 Å². The van der Waals surface area contributed by atoms with E-state index in [9.17, 15) is 9.18 Å². The SMILES string of the molecule is Cc1nc(NC(=C2CC2)[C@H](C)NC(=O)OC(C)(C)C)c(F)cc1C#N. The number of nitrogens with one attached hydrogen (secondary N) is 2. The number of pyridine rings is 1. The number of carbonyl (C=O) groups excluding carboxylic acids is 1. The van der Waals surface area contributed by atoms with Crippen LogP contribution >= 0.6 is 0 Å². The molecule has 25 heavy (non-hydrogen) atoms. The fourth-order valence-corrected chi connectivity index (χ4v) is 2.30. The molecule has 1 fully saturated rings. The van der Waals surface area contributed by atoms with Gasteiger partial charge in [0.05, 0.1) is 17.3 Å². The number of hydrogen-bond acceptors (Lipinski definition) is 5. The number of nitriles is 1. The summed E-state index contributed by atoms with van der Waals surface area (Å²) in [5, 5.41) is 14.7. The lowest BCUT2D eigenvalue weighted by atomic mass is 10.2. The Morgan fingerprint density at radius 2 is 2.08 bits per heavy atom. The van der Waals surface area contributed by atoms with Crippen LogP contribution in [0.1, 0.15) is 51.8 Å². The van der Waals surface area contributed by atoms with E-state index >= 15 is 0 Å². The quantitative estimate of drug-likeness (QED) is 0.866. The van der Waals surface area contributed by atoms with Crippen LogP contribution in [0.25, 0.3) is 0 Å². The van der Waals surface area contributed by atoms with E-state index in [1.165, 1.54) is 0 Å². The third-order valence-corrected chi connectivity index (χ3v) is 3.59. The molecule has 2 N–H and O–H groups in total. The van der Waals surface area contributed by atoms with Crippen molar-refractivity contribution < 1.29 is 13.9 Å². The number of halogens is 1. The molecule has 0 unspecified atom stereocenters. The number of carbonyl (C=O) groups is 1. The number of aromatic nitrogens is 1. The molecular weight excluding hydrogens is 323 g/mol. The first-order valence-electron chi connectivity index (χ1n) is 8.16. The van der Waals surface area contributed by atoms with E-state index < -0.39 is 17.5 Å². The summed E-state index contributed by atoms with van der Waals surface area (Å²) in [7, 11) is 0. The molecule has 0 aromatic carbocycles.